The number of carbonyl (C=O) groups excluding carboxylic acids is 1. The third-order valence-electron chi connectivity index (χ3n) is 3.59. The molecule has 0 radical (unpaired) electrons. The van der Waals surface area contributed by atoms with Crippen LogP contribution in [0, 0.1) is 0 Å². The van der Waals surface area contributed by atoms with Crippen LogP contribution >= 0.6 is 0 Å². The zero-order valence-electron chi connectivity index (χ0n) is 12.7. The summed E-state index contributed by atoms with van der Waals surface area (Å²) in [4.78, 5) is 12.1. The van der Waals surface area contributed by atoms with Gasteiger partial charge in [-0.25, -0.2) is 0 Å². The van der Waals surface area contributed by atoms with E-state index in [2.05, 4.69) is 24.4 Å². The van der Waals surface area contributed by atoms with Crippen LogP contribution in [0.5, 0.6) is 0 Å². The van der Waals surface area contributed by atoms with Crippen molar-refractivity contribution < 1.29 is 10.1 Å². The smallest absolute Gasteiger partial charge is 0.282 e. The fourth-order valence-corrected chi connectivity index (χ4v) is 2.11. The second-order valence-corrected chi connectivity index (χ2v) is 5.25. The molecule has 2 aromatic rings. The first-order valence-corrected chi connectivity index (χ1v) is 7.46. The quantitative estimate of drug-likeness (QED) is 0.840. The average molecular weight is 283 g/mol. The van der Waals surface area contributed by atoms with Gasteiger partial charge in [-0.15, -0.1) is 0 Å². The molecular weight excluding hydrogens is 260 g/mol. The number of hydrogen-bond acceptors (Lipinski definition) is 1. The lowest BCUT2D eigenvalue weighted by Crippen LogP contribution is -2.90. The first-order valence-electron chi connectivity index (χ1n) is 7.46. The molecule has 0 saturated heterocycles. The van der Waals surface area contributed by atoms with Crippen LogP contribution in [0.25, 0.3) is 0 Å². The van der Waals surface area contributed by atoms with E-state index in [-0.39, 0.29) is 11.9 Å². The fourth-order valence-electron chi connectivity index (χ4n) is 2.11. The van der Waals surface area contributed by atoms with E-state index in [1.165, 1.54) is 11.1 Å². The lowest BCUT2D eigenvalue weighted by atomic mass is 10.1. The Kier molecular flexibility index (Phi) is 5.52. The Hall–Kier alpha value is -2.13. The highest BCUT2D eigenvalue weighted by Gasteiger charge is 2.15. The standard InChI is InChI=1S/C18H22N2O/c1-3-15-9-11-17(12-10-15)20-18(21)14(2)19-13-16-7-5-4-6-8-16/h4-12,14,19H,3,13H2,1-2H3,(H,20,21)/p+1/t14-/m1/s1. The van der Waals surface area contributed by atoms with Gasteiger partial charge in [-0.2, -0.15) is 0 Å². The van der Waals surface area contributed by atoms with E-state index < -0.39 is 0 Å². The molecule has 1 amide bonds. The molecule has 0 aliphatic heterocycles. The number of quaternary nitrogens is 1. The number of anilines is 1. The number of nitrogens with two attached hydrogens (primary N) is 1. The molecule has 0 spiro atoms. The molecule has 1 atom stereocenters. The van der Waals surface area contributed by atoms with Crippen molar-refractivity contribution in [3.63, 3.8) is 0 Å². The van der Waals surface area contributed by atoms with Crippen LogP contribution in [0.4, 0.5) is 5.69 Å². The van der Waals surface area contributed by atoms with Crippen molar-refractivity contribution in [2.45, 2.75) is 32.9 Å². The van der Waals surface area contributed by atoms with Crippen molar-refractivity contribution in [1.29, 1.82) is 0 Å². The Morgan fingerprint density at radius 2 is 1.71 bits per heavy atom. The summed E-state index contributed by atoms with van der Waals surface area (Å²) >= 11 is 0. The molecule has 110 valence electrons. The van der Waals surface area contributed by atoms with E-state index >= 15 is 0 Å². The molecule has 3 nitrogen and oxygen atoms in total. The average Bonchev–Trinajstić information content (AvgIpc) is 2.54. The molecule has 2 aromatic carbocycles. The third-order valence-corrected chi connectivity index (χ3v) is 3.59. The van der Waals surface area contributed by atoms with Gasteiger partial charge in [0.05, 0.1) is 0 Å². The van der Waals surface area contributed by atoms with Crippen molar-refractivity contribution in [2.75, 3.05) is 5.32 Å². The Balaban J connectivity index is 1.84. The van der Waals surface area contributed by atoms with Crippen molar-refractivity contribution in [2.24, 2.45) is 0 Å². The number of hydrogen-bond donors (Lipinski definition) is 2. The number of benzene rings is 2. The minimum absolute atomic E-state index is 0.0372. The SMILES string of the molecule is CCc1ccc(NC(=O)[C@@H](C)[NH2+]Cc2ccccc2)cc1. The second-order valence-electron chi connectivity index (χ2n) is 5.25. The predicted octanol–water partition coefficient (Wildman–Crippen LogP) is 2.34. The van der Waals surface area contributed by atoms with Gasteiger partial charge in [-0.3, -0.25) is 4.79 Å². The number of amides is 1. The van der Waals surface area contributed by atoms with Crippen LogP contribution in [0.1, 0.15) is 25.0 Å². The summed E-state index contributed by atoms with van der Waals surface area (Å²) < 4.78 is 0. The summed E-state index contributed by atoms with van der Waals surface area (Å²) in [6.07, 6.45) is 1.01. The molecule has 0 bridgehead atoms. The summed E-state index contributed by atoms with van der Waals surface area (Å²) in [5, 5.41) is 5.01. The number of carbonyl (C=O) groups is 1. The maximum atomic E-state index is 12.1. The third kappa shape index (κ3) is 4.72. The van der Waals surface area contributed by atoms with Crippen molar-refractivity contribution in [3.8, 4) is 0 Å². The lowest BCUT2D eigenvalue weighted by molar-refractivity contribution is -0.688. The van der Waals surface area contributed by atoms with Crippen LogP contribution in [0.3, 0.4) is 0 Å². The van der Waals surface area contributed by atoms with Crippen molar-refractivity contribution in [3.05, 3.63) is 65.7 Å². The topological polar surface area (TPSA) is 45.7 Å². The van der Waals surface area contributed by atoms with Gasteiger partial charge in [0.15, 0.2) is 6.04 Å². The number of rotatable bonds is 6. The van der Waals surface area contributed by atoms with E-state index in [4.69, 9.17) is 0 Å². The van der Waals surface area contributed by atoms with Crippen LogP contribution in [0.15, 0.2) is 54.6 Å². The Morgan fingerprint density at radius 1 is 1.05 bits per heavy atom. The molecular formula is C18H23N2O+. The van der Waals surface area contributed by atoms with E-state index in [9.17, 15) is 4.79 Å². The maximum Gasteiger partial charge on any atom is 0.282 e. The van der Waals surface area contributed by atoms with Gasteiger partial charge >= 0.3 is 0 Å². The molecule has 3 N–H and O–H groups in total. The highest BCUT2D eigenvalue weighted by Crippen LogP contribution is 2.09. The minimum atomic E-state index is -0.115. The Morgan fingerprint density at radius 3 is 2.33 bits per heavy atom. The predicted molar refractivity (Wildman–Crippen MR) is 86.0 cm³/mol. The Labute approximate surface area is 126 Å². The monoisotopic (exact) mass is 283 g/mol. The molecule has 21 heavy (non-hydrogen) atoms. The molecule has 3 heteroatoms. The van der Waals surface area contributed by atoms with Crippen LogP contribution in [-0.2, 0) is 17.8 Å². The van der Waals surface area contributed by atoms with E-state index in [0.717, 1.165) is 18.7 Å². The first-order chi connectivity index (χ1) is 10.2. The summed E-state index contributed by atoms with van der Waals surface area (Å²) in [5.41, 5.74) is 3.36. The number of aryl methyl sites for hydroxylation is 1. The van der Waals surface area contributed by atoms with E-state index in [0.29, 0.717) is 0 Å². The first kappa shape index (κ1) is 15.3. The van der Waals surface area contributed by atoms with Crippen LogP contribution < -0.4 is 10.6 Å². The highest BCUT2D eigenvalue weighted by atomic mass is 16.2. The van der Waals surface area contributed by atoms with Crippen molar-refractivity contribution >= 4 is 11.6 Å². The molecule has 2 rings (SSSR count). The number of nitrogens with one attached hydrogen (secondary N) is 1. The fraction of sp³-hybridized carbons (Fsp3) is 0.278. The summed E-state index contributed by atoms with van der Waals surface area (Å²) in [6.45, 7) is 4.86. The molecule has 0 unspecified atom stereocenters. The summed E-state index contributed by atoms with van der Waals surface area (Å²) in [7, 11) is 0. The van der Waals surface area contributed by atoms with Crippen LogP contribution in [-0.4, -0.2) is 11.9 Å². The molecule has 0 saturated carbocycles. The molecule has 0 aromatic heterocycles. The maximum absolute atomic E-state index is 12.1. The van der Waals surface area contributed by atoms with Gasteiger partial charge in [-0.05, 0) is 31.0 Å². The van der Waals surface area contributed by atoms with Crippen molar-refractivity contribution in [1.82, 2.24) is 0 Å². The van der Waals surface area contributed by atoms with Gasteiger partial charge in [0.1, 0.15) is 6.54 Å². The van der Waals surface area contributed by atoms with Gasteiger partial charge in [0.2, 0.25) is 0 Å². The largest absolute Gasteiger partial charge is 0.333 e. The normalized spacial score (nSPS) is 11.9. The zero-order chi connectivity index (χ0) is 15.1. The van der Waals surface area contributed by atoms with Gasteiger partial charge in [-0.1, -0.05) is 49.4 Å². The van der Waals surface area contributed by atoms with Gasteiger partial charge in [0.25, 0.3) is 5.91 Å². The lowest BCUT2D eigenvalue weighted by Gasteiger charge is -2.11. The van der Waals surface area contributed by atoms with Gasteiger partial charge in [0, 0.05) is 11.3 Å². The van der Waals surface area contributed by atoms with Gasteiger partial charge < -0.3 is 10.6 Å². The molecule has 0 heterocycles. The second kappa shape index (κ2) is 7.60. The zero-order valence-corrected chi connectivity index (χ0v) is 12.7. The van der Waals surface area contributed by atoms with E-state index in [1.807, 2.05) is 54.7 Å². The van der Waals surface area contributed by atoms with E-state index in [1.54, 1.807) is 0 Å². The van der Waals surface area contributed by atoms with Crippen LogP contribution in [0.2, 0.25) is 0 Å². The molecule has 0 fully saturated rings. The Bertz CT molecular complexity index is 564. The highest BCUT2D eigenvalue weighted by molar-refractivity contribution is 5.93. The summed E-state index contributed by atoms with van der Waals surface area (Å²) in [6, 6.07) is 18.1. The minimum Gasteiger partial charge on any atom is -0.333 e. The molecule has 0 aliphatic carbocycles. The summed E-state index contributed by atoms with van der Waals surface area (Å²) in [5.74, 6) is 0.0372. The molecule has 0 aliphatic rings.